The summed E-state index contributed by atoms with van der Waals surface area (Å²) in [7, 11) is 0. The van der Waals surface area contributed by atoms with Crippen LogP contribution < -0.4 is 5.32 Å². The second kappa shape index (κ2) is 8.67. The lowest BCUT2D eigenvalue weighted by Gasteiger charge is -2.33. The van der Waals surface area contributed by atoms with Gasteiger partial charge in [0.2, 0.25) is 11.8 Å². The first-order valence-corrected chi connectivity index (χ1v) is 11.7. The molecule has 0 spiro atoms. The van der Waals surface area contributed by atoms with Gasteiger partial charge in [-0.05, 0) is 42.2 Å². The van der Waals surface area contributed by atoms with Crippen LogP contribution in [-0.2, 0) is 14.3 Å². The Balaban J connectivity index is 1.23. The van der Waals surface area contributed by atoms with Gasteiger partial charge in [-0.2, -0.15) is 0 Å². The molecule has 1 saturated carbocycles. The van der Waals surface area contributed by atoms with Crippen molar-refractivity contribution >= 4 is 33.7 Å². The van der Waals surface area contributed by atoms with Crippen LogP contribution in [0.15, 0.2) is 53.0 Å². The highest BCUT2D eigenvalue weighted by Gasteiger charge is 2.47. The molecule has 5 rings (SSSR count). The fraction of sp³-hybridized carbons (Fsp3) is 0.375. The highest BCUT2D eigenvalue weighted by atomic mass is 79.9. The van der Waals surface area contributed by atoms with E-state index in [0.717, 1.165) is 28.4 Å². The van der Waals surface area contributed by atoms with Crippen molar-refractivity contribution < 1.29 is 19.1 Å². The van der Waals surface area contributed by atoms with E-state index in [0.29, 0.717) is 25.3 Å². The lowest BCUT2D eigenvalue weighted by Crippen LogP contribution is -2.48. The van der Waals surface area contributed by atoms with Gasteiger partial charge in [0.15, 0.2) is 0 Å². The Kier molecular flexibility index (Phi) is 5.73. The number of hydrogen-bond donors (Lipinski definition) is 1. The molecule has 3 amide bonds. The molecule has 1 saturated heterocycles. The molecule has 1 aliphatic carbocycles. The Bertz CT molecular complexity index is 1050. The summed E-state index contributed by atoms with van der Waals surface area (Å²) in [5.41, 5.74) is 2.31. The number of nitrogens with one attached hydrogen (secondary N) is 1. The highest BCUT2D eigenvalue weighted by molar-refractivity contribution is 9.10. The van der Waals surface area contributed by atoms with Gasteiger partial charge in [-0.3, -0.25) is 14.4 Å². The molecule has 2 aromatic rings. The third-order valence-electron chi connectivity index (χ3n) is 6.26. The summed E-state index contributed by atoms with van der Waals surface area (Å²) < 4.78 is 6.83. The minimum absolute atomic E-state index is 0.0971. The molecule has 166 valence electrons. The number of carbonyl (C=O) groups excluding carboxylic acids is 3. The average Bonchev–Trinajstić information content (AvgIpc) is 3.61. The van der Waals surface area contributed by atoms with Crippen LogP contribution in [0.1, 0.15) is 46.5 Å². The van der Waals surface area contributed by atoms with Gasteiger partial charge in [0.05, 0.1) is 19.7 Å². The molecule has 0 radical (unpaired) electrons. The Morgan fingerprint density at radius 1 is 1.09 bits per heavy atom. The molecule has 2 aliphatic heterocycles. The zero-order valence-electron chi connectivity index (χ0n) is 17.5. The standard InChI is InChI=1S/C24H24BrN3O4/c25-16-7-5-15(6-8-16)20-14-27(11-12-32-20)21(29)13-26-23(30)22-18-3-1-2-4-19(18)24(31)28(22)17-9-10-17/h1-8,17,20,22H,9-14H2,(H,26,30). The number of nitrogens with zero attached hydrogens (tertiary/aromatic N) is 2. The summed E-state index contributed by atoms with van der Waals surface area (Å²) in [5.74, 6) is -0.555. The van der Waals surface area contributed by atoms with Crippen LogP contribution in [0.3, 0.4) is 0 Å². The summed E-state index contributed by atoms with van der Waals surface area (Å²) >= 11 is 3.43. The fourth-order valence-corrected chi connectivity index (χ4v) is 4.72. The lowest BCUT2D eigenvalue weighted by molar-refractivity contribution is -0.140. The first kappa shape index (κ1) is 21.2. The van der Waals surface area contributed by atoms with Crippen molar-refractivity contribution in [3.8, 4) is 0 Å². The predicted molar refractivity (Wildman–Crippen MR) is 121 cm³/mol. The van der Waals surface area contributed by atoms with Gasteiger partial charge in [0, 0.05) is 22.6 Å². The number of morpholine rings is 1. The quantitative estimate of drug-likeness (QED) is 0.688. The Hall–Kier alpha value is -2.71. The van der Waals surface area contributed by atoms with Crippen LogP contribution in [0.4, 0.5) is 0 Å². The number of ether oxygens (including phenoxy) is 1. The minimum atomic E-state index is -0.667. The molecule has 0 bridgehead atoms. The Labute approximate surface area is 194 Å². The van der Waals surface area contributed by atoms with Crippen LogP contribution >= 0.6 is 15.9 Å². The molecule has 7 nitrogen and oxygen atoms in total. The van der Waals surface area contributed by atoms with E-state index in [1.165, 1.54) is 0 Å². The number of rotatable bonds is 5. The maximum atomic E-state index is 13.1. The highest BCUT2D eigenvalue weighted by Crippen LogP contribution is 2.41. The third kappa shape index (κ3) is 4.04. The minimum Gasteiger partial charge on any atom is -0.370 e. The zero-order valence-corrected chi connectivity index (χ0v) is 19.1. The summed E-state index contributed by atoms with van der Waals surface area (Å²) in [6.45, 7) is 1.27. The SMILES string of the molecule is O=C(NCC(=O)N1CCOC(c2ccc(Br)cc2)C1)C1c2ccccc2C(=O)N1C1CC1. The van der Waals surface area contributed by atoms with Gasteiger partial charge >= 0.3 is 0 Å². The normalized spacial score (nSPS) is 22.6. The zero-order chi connectivity index (χ0) is 22.2. The number of fused-ring (bicyclic) bond motifs is 1. The van der Waals surface area contributed by atoms with Crippen molar-refractivity contribution in [1.82, 2.24) is 15.1 Å². The van der Waals surface area contributed by atoms with Crippen molar-refractivity contribution in [2.45, 2.75) is 31.0 Å². The molecule has 8 heteroatoms. The van der Waals surface area contributed by atoms with Gasteiger partial charge < -0.3 is 19.9 Å². The molecule has 2 unspecified atom stereocenters. The predicted octanol–water partition coefficient (Wildman–Crippen LogP) is 2.82. The summed E-state index contributed by atoms with van der Waals surface area (Å²) in [4.78, 5) is 42.2. The van der Waals surface area contributed by atoms with Crippen LogP contribution in [0.25, 0.3) is 0 Å². The fourth-order valence-electron chi connectivity index (χ4n) is 4.46. The van der Waals surface area contributed by atoms with E-state index in [9.17, 15) is 14.4 Å². The summed E-state index contributed by atoms with van der Waals surface area (Å²) in [6, 6.07) is 14.5. The molecular weight excluding hydrogens is 474 g/mol. The topological polar surface area (TPSA) is 79.0 Å². The monoisotopic (exact) mass is 497 g/mol. The van der Waals surface area contributed by atoms with Gasteiger partial charge in [-0.1, -0.05) is 46.3 Å². The summed E-state index contributed by atoms with van der Waals surface area (Å²) in [5, 5.41) is 2.79. The van der Waals surface area contributed by atoms with Crippen LogP contribution in [0, 0.1) is 0 Å². The number of benzene rings is 2. The van der Waals surface area contributed by atoms with Gasteiger partial charge in [0.1, 0.15) is 12.1 Å². The maximum absolute atomic E-state index is 13.1. The van der Waals surface area contributed by atoms with Crippen molar-refractivity contribution in [2.24, 2.45) is 0 Å². The van der Waals surface area contributed by atoms with E-state index < -0.39 is 6.04 Å². The molecule has 0 aromatic heterocycles. The second-order valence-electron chi connectivity index (χ2n) is 8.40. The molecule has 2 fully saturated rings. The van der Waals surface area contributed by atoms with E-state index in [4.69, 9.17) is 4.74 Å². The summed E-state index contributed by atoms with van der Waals surface area (Å²) in [6.07, 6.45) is 1.63. The average molecular weight is 498 g/mol. The van der Waals surface area contributed by atoms with Crippen molar-refractivity contribution in [2.75, 3.05) is 26.2 Å². The van der Waals surface area contributed by atoms with Crippen molar-refractivity contribution in [3.63, 3.8) is 0 Å². The Morgan fingerprint density at radius 3 is 2.59 bits per heavy atom. The van der Waals surface area contributed by atoms with Crippen molar-refractivity contribution in [1.29, 1.82) is 0 Å². The van der Waals surface area contributed by atoms with Crippen LogP contribution in [0.5, 0.6) is 0 Å². The molecule has 32 heavy (non-hydrogen) atoms. The number of halogens is 1. The van der Waals surface area contributed by atoms with E-state index >= 15 is 0 Å². The van der Waals surface area contributed by atoms with E-state index in [1.807, 2.05) is 42.5 Å². The smallest absolute Gasteiger partial charge is 0.255 e. The lowest BCUT2D eigenvalue weighted by atomic mass is 10.0. The largest absolute Gasteiger partial charge is 0.370 e. The molecule has 2 aromatic carbocycles. The van der Waals surface area contributed by atoms with Gasteiger partial charge in [-0.25, -0.2) is 0 Å². The molecule has 2 atom stereocenters. The van der Waals surface area contributed by atoms with Gasteiger partial charge in [0.25, 0.3) is 5.91 Å². The Morgan fingerprint density at radius 2 is 1.84 bits per heavy atom. The molecule has 2 heterocycles. The van der Waals surface area contributed by atoms with Crippen LogP contribution in [-0.4, -0.2) is 59.8 Å². The molecular formula is C24H24BrN3O4. The number of carbonyl (C=O) groups is 3. The maximum Gasteiger partial charge on any atom is 0.255 e. The molecule has 1 N–H and O–H groups in total. The first-order chi connectivity index (χ1) is 15.5. The third-order valence-corrected chi connectivity index (χ3v) is 6.79. The number of hydrogen-bond acceptors (Lipinski definition) is 4. The molecule has 3 aliphatic rings. The van der Waals surface area contributed by atoms with E-state index in [1.54, 1.807) is 15.9 Å². The second-order valence-corrected chi connectivity index (χ2v) is 9.32. The van der Waals surface area contributed by atoms with E-state index in [2.05, 4.69) is 21.2 Å². The van der Waals surface area contributed by atoms with Crippen molar-refractivity contribution in [3.05, 3.63) is 69.7 Å². The van der Waals surface area contributed by atoms with Gasteiger partial charge in [-0.15, -0.1) is 0 Å². The number of amides is 3. The first-order valence-electron chi connectivity index (χ1n) is 10.9. The van der Waals surface area contributed by atoms with Crippen LogP contribution in [0.2, 0.25) is 0 Å². The van der Waals surface area contributed by atoms with E-state index in [-0.39, 0.29) is 36.4 Å².